The van der Waals surface area contributed by atoms with Crippen LogP contribution in [0.25, 0.3) is 11.4 Å². The van der Waals surface area contributed by atoms with Gasteiger partial charge in [-0.25, -0.2) is 4.39 Å². The zero-order valence-electron chi connectivity index (χ0n) is 15.6. The minimum absolute atomic E-state index is 0.00285. The minimum atomic E-state index is -0.559. The van der Waals surface area contributed by atoms with Crippen molar-refractivity contribution in [3.05, 3.63) is 74.9 Å². The summed E-state index contributed by atoms with van der Waals surface area (Å²) in [6, 6.07) is 9.65. The van der Waals surface area contributed by atoms with Gasteiger partial charge in [0.15, 0.2) is 0 Å². The number of halogens is 2. The Morgan fingerprint density at radius 3 is 2.53 bits per heavy atom. The number of likely N-dealkylation sites (tertiary alicyclic amines) is 1. The fourth-order valence-corrected chi connectivity index (χ4v) is 3.66. The molecule has 0 spiro atoms. The second-order valence-electron chi connectivity index (χ2n) is 6.95. The summed E-state index contributed by atoms with van der Waals surface area (Å²) in [6.45, 7) is 0.927. The number of carbonyl (C=O) groups is 1. The van der Waals surface area contributed by atoms with Crippen molar-refractivity contribution in [1.82, 2.24) is 15.0 Å². The fourth-order valence-electron chi connectivity index (χ4n) is 3.41. The van der Waals surface area contributed by atoms with E-state index in [1.807, 2.05) is 0 Å². The van der Waals surface area contributed by atoms with Crippen LogP contribution >= 0.6 is 11.6 Å². The third-order valence-corrected chi connectivity index (χ3v) is 5.38. The molecule has 8 nitrogen and oxygen atoms in total. The lowest BCUT2D eigenvalue weighted by Crippen LogP contribution is -2.38. The first-order chi connectivity index (χ1) is 14.4. The van der Waals surface area contributed by atoms with Gasteiger partial charge in [-0.1, -0.05) is 16.8 Å². The normalized spacial score (nSPS) is 14.7. The number of aromatic nitrogens is 2. The average molecular weight is 431 g/mol. The van der Waals surface area contributed by atoms with E-state index in [0.29, 0.717) is 43.2 Å². The molecular formula is C20H16ClFN4O4. The second kappa shape index (κ2) is 8.19. The quantitative estimate of drug-likeness (QED) is 0.447. The summed E-state index contributed by atoms with van der Waals surface area (Å²) in [4.78, 5) is 29.1. The van der Waals surface area contributed by atoms with Crippen LogP contribution in [0.5, 0.6) is 0 Å². The van der Waals surface area contributed by atoms with E-state index in [-0.39, 0.29) is 33.9 Å². The average Bonchev–Trinajstić information content (AvgIpc) is 3.24. The van der Waals surface area contributed by atoms with Crippen molar-refractivity contribution in [3.63, 3.8) is 0 Å². The van der Waals surface area contributed by atoms with Crippen molar-refractivity contribution in [2.45, 2.75) is 18.8 Å². The van der Waals surface area contributed by atoms with E-state index < -0.39 is 4.92 Å². The van der Waals surface area contributed by atoms with Crippen LogP contribution in [-0.4, -0.2) is 39.0 Å². The summed E-state index contributed by atoms with van der Waals surface area (Å²) < 4.78 is 18.4. The Morgan fingerprint density at radius 1 is 1.20 bits per heavy atom. The van der Waals surface area contributed by atoms with Gasteiger partial charge >= 0.3 is 0 Å². The number of nitro benzene ring substituents is 1. The van der Waals surface area contributed by atoms with Gasteiger partial charge < -0.3 is 9.42 Å². The number of non-ortho nitro benzene ring substituents is 1. The number of rotatable bonds is 4. The molecule has 1 fully saturated rings. The van der Waals surface area contributed by atoms with Crippen molar-refractivity contribution in [2.75, 3.05) is 13.1 Å². The first-order valence-corrected chi connectivity index (χ1v) is 9.63. The number of hydrogen-bond acceptors (Lipinski definition) is 6. The van der Waals surface area contributed by atoms with Gasteiger partial charge in [-0.3, -0.25) is 14.9 Å². The molecule has 3 aromatic rings. The zero-order chi connectivity index (χ0) is 21.3. The number of hydrogen-bond donors (Lipinski definition) is 0. The van der Waals surface area contributed by atoms with E-state index in [0.717, 1.165) is 0 Å². The second-order valence-corrected chi connectivity index (χ2v) is 7.36. The molecule has 0 radical (unpaired) electrons. The maximum atomic E-state index is 13.1. The van der Waals surface area contributed by atoms with E-state index >= 15 is 0 Å². The van der Waals surface area contributed by atoms with Crippen molar-refractivity contribution in [3.8, 4) is 11.4 Å². The maximum Gasteiger partial charge on any atom is 0.270 e. The number of piperidine rings is 1. The molecule has 1 amide bonds. The highest BCUT2D eigenvalue weighted by Gasteiger charge is 2.29. The van der Waals surface area contributed by atoms with Crippen LogP contribution in [0, 0.1) is 15.9 Å². The summed E-state index contributed by atoms with van der Waals surface area (Å²) in [5.74, 6) is 0.262. The predicted octanol–water partition coefficient (Wildman–Crippen LogP) is 4.46. The summed E-state index contributed by atoms with van der Waals surface area (Å²) in [5.41, 5.74) is 0.729. The summed E-state index contributed by atoms with van der Waals surface area (Å²) in [6.07, 6.45) is 1.25. The lowest BCUT2D eigenvalue weighted by atomic mass is 9.96. The molecule has 0 aliphatic carbocycles. The van der Waals surface area contributed by atoms with Crippen molar-refractivity contribution in [2.24, 2.45) is 0 Å². The fraction of sp³-hybridized carbons (Fsp3) is 0.250. The van der Waals surface area contributed by atoms with Crippen LogP contribution in [0.15, 0.2) is 47.0 Å². The van der Waals surface area contributed by atoms with E-state index in [9.17, 15) is 19.3 Å². The predicted molar refractivity (Wildman–Crippen MR) is 106 cm³/mol. The van der Waals surface area contributed by atoms with Crippen LogP contribution in [-0.2, 0) is 0 Å². The molecule has 1 aromatic heterocycles. The van der Waals surface area contributed by atoms with Gasteiger partial charge in [0.25, 0.3) is 11.6 Å². The van der Waals surface area contributed by atoms with Crippen molar-refractivity contribution < 1.29 is 18.6 Å². The summed E-state index contributed by atoms with van der Waals surface area (Å²) in [7, 11) is 0. The Hall–Kier alpha value is -3.33. The van der Waals surface area contributed by atoms with Gasteiger partial charge in [0.2, 0.25) is 11.7 Å². The van der Waals surface area contributed by atoms with Crippen molar-refractivity contribution in [1.29, 1.82) is 0 Å². The van der Waals surface area contributed by atoms with E-state index in [1.165, 1.54) is 30.3 Å². The SMILES string of the molecule is O=C(c1ccc([N+](=O)[O-])cc1Cl)N1CCC(c2nc(-c3ccc(F)cc3)no2)CC1. The molecule has 1 aliphatic rings. The topological polar surface area (TPSA) is 102 Å². The van der Waals surface area contributed by atoms with Crippen LogP contribution < -0.4 is 0 Å². The summed E-state index contributed by atoms with van der Waals surface area (Å²) >= 11 is 6.07. The van der Waals surface area contributed by atoms with Gasteiger partial charge in [-0.2, -0.15) is 4.98 Å². The Morgan fingerprint density at radius 2 is 1.90 bits per heavy atom. The van der Waals surface area contributed by atoms with Crippen LogP contribution in [0.1, 0.15) is 35.0 Å². The van der Waals surface area contributed by atoms with Gasteiger partial charge in [0.1, 0.15) is 5.82 Å². The van der Waals surface area contributed by atoms with Crippen LogP contribution in [0.2, 0.25) is 5.02 Å². The minimum Gasteiger partial charge on any atom is -0.339 e. The van der Waals surface area contributed by atoms with E-state index in [2.05, 4.69) is 10.1 Å². The van der Waals surface area contributed by atoms with Crippen LogP contribution in [0.4, 0.5) is 10.1 Å². The van der Waals surface area contributed by atoms with Gasteiger partial charge in [0.05, 0.1) is 15.5 Å². The van der Waals surface area contributed by atoms with Gasteiger partial charge in [0, 0.05) is 36.7 Å². The molecule has 154 valence electrons. The maximum absolute atomic E-state index is 13.1. The van der Waals surface area contributed by atoms with Gasteiger partial charge in [-0.15, -0.1) is 0 Å². The van der Waals surface area contributed by atoms with Crippen molar-refractivity contribution >= 4 is 23.2 Å². The molecule has 0 unspecified atom stereocenters. The molecule has 1 aliphatic heterocycles. The lowest BCUT2D eigenvalue weighted by Gasteiger charge is -2.30. The molecule has 10 heteroatoms. The molecule has 1 saturated heterocycles. The molecule has 4 rings (SSSR count). The number of carbonyl (C=O) groups excluding carboxylic acids is 1. The Kier molecular flexibility index (Phi) is 5.45. The number of nitro groups is 1. The lowest BCUT2D eigenvalue weighted by molar-refractivity contribution is -0.384. The standard InChI is InChI=1S/C20H16ClFN4O4/c21-17-11-15(26(28)29)5-6-16(17)20(27)25-9-7-13(8-10-25)19-23-18(24-30-19)12-1-3-14(22)4-2-12/h1-6,11,13H,7-10H2. The molecule has 2 aromatic carbocycles. The molecule has 2 heterocycles. The Bertz CT molecular complexity index is 1090. The largest absolute Gasteiger partial charge is 0.339 e. The Balaban J connectivity index is 1.41. The molecule has 0 N–H and O–H groups in total. The molecule has 30 heavy (non-hydrogen) atoms. The highest BCUT2D eigenvalue weighted by Crippen LogP contribution is 2.30. The zero-order valence-corrected chi connectivity index (χ0v) is 16.4. The molecule has 0 atom stereocenters. The highest BCUT2D eigenvalue weighted by atomic mass is 35.5. The van der Waals surface area contributed by atoms with E-state index in [4.69, 9.17) is 16.1 Å². The Labute approximate surface area is 175 Å². The molecular weight excluding hydrogens is 415 g/mol. The third kappa shape index (κ3) is 4.02. The number of amides is 1. The smallest absolute Gasteiger partial charge is 0.270 e. The number of benzene rings is 2. The first-order valence-electron chi connectivity index (χ1n) is 9.25. The third-order valence-electron chi connectivity index (χ3n) is 5.07. The first kappa shape index (κ1) is 20.0. The highest BCUT2D eigenvalue weighted by molar-refractivity contribution is 6.34. The summed E-state index contributed by atoms with van der Waals surface area (Å²) in [5, 5.41) is 14.8. The number of nitrogens with zero attached hydrogens (tertiary/aromatic N) is 4. The van der Waals surface area contributed by atoms with Gasteiger partial charge in [-0.05, 0) is 43.2 Å². The van der Waals surface area contributed by atoms with E-state index in [1.54, 1.807) is 17.0 Å². The van der Waals surface area contributed by atoms with Crippen LogP contribution in [0.3, 0.4) is 0 Å². The molecule has 0 bridgehead atoms. The molecule has 0 saturated carbocycles. The monoisotopic (exact) mass is 430 g/mol.